The highest BCUT2D eigenvalue weighted by atomic mass is 32.2. The van der Waals surface area contributed by atoms with Crippen molar-refractivity contribution in [2.75, 3.05) is 0 Å². The van der Waals surface area contributed by atoms with Gasteiger partial charge in [0.25, 0.3) is 10.1 Å². The normalized spacial score (nSPS) is 15.3. The van der Waals surface area contributed by atoms with Gasteiger partial charge in [-0.2, -0.15) is 87.4 Å². The van der Waals surface area contributed by atoms with Crippen LogP contribution < -0.4 is 0 Å². The largest absolute Gasteiger partial charge is 0.404 e. The highest BCUT2D eigenvalue weighted by molar-refractivity contribution is 7.86. The Morgan fingerprint density at radius 2 is 0.703 bits per heavy atom. The van der Waals surface area contributed by atoms with Crippen LogP contribution in [-0.4, -0.2) is 50.0 Å². The number of alkyl halides is 18. The maximum absolute atomic E-state index is 13.2. The van der Waals surface area contributed by atoms with Gasteiger partial charge >= 0.3 is 37.1 Å². The summed E-state index contributed by atoms with van der Waals surface area (Å²) in [6.07, 6.45) is -41.5. The highest BCUT2D eigenvalue weighted by Gasteiger charge is 2.64. The van der Waals surface area contributed by atoms with Crippen molar-refractivity contribution in [2.45, 2.75) is 59.7 Å². The molecule has 0 aliphatic carbocycles. The van der Waals surface area contributed by atoms with E-state index < -0.39 is 98.6 Å². The van der Waals surface area contributed by atoms with Gasteiger partial charge < -0.3 is 0 Å². The average molecular weight is 608 g/mol. The second-order valence-corrected chi connectivity index (χ2v) is 8.41. The molecular formula is C15H6F18O3S. The fourth-order valence-corrected chi connectivity index (χ4v) is 4.18. The summed E-state index contributed by atoms with van der Waals surface area (Å²) in [5.74, 6) is -16.4. The summed E-state index contributed by atoms with van der Waals surface area (Å²) >= 11 is 0. The third-order valence-electron chi connectivity index (χ3n) is 4.35. The van der Waals surface area contributed by atoms with E-state index in [0.717, 1.165) is 0 Å². The molecule has 0 heterocycles. The molecule has 0 spiro atoms. The minimum atomic E-state index is -7.07. The van der Waals surface area contributed by atoms with Crippen LogP contribution in [0.1, 0.15) is 34.4 Å². The van der Waals surface area contributed by atoms with E-state index in [2.05, 4.69) is 0 Å². The van der Waals surface area contributed by atoms with Crippen LogP contribution in [0.25, 0.3) is 0 Å². The van der Waals surface area contributed by atoms with Crippen molar-refractivity contribution in [1.82, 2.24) is 0 Å². The van der Waals surface area contributed by atoms with Crippen LogP contribution >= 0.6 is 0 Å². The zero-order chi connectivity index (χ0) is 30.0. The maximum atomic E-state index is 13.2. The van der Waals surface area contributed by atoms with E-state index in [0.29, 0.717) is 0 Å². The number of hydrogen-bond acceptors (Lipinski definition) is 2. The van der Waals surface area contributed by atoms with E-state index in [1.54, 1.807) is 0 Å². The third-order valence-corrected chi connectivity index (χ3v) is 5.33. The molecule has 0 saturated heterocycles. The van der Waals surface area contributed by atoms with Gasteiger partial charge in [0.15, 0.2) is 17.8 Å². The molecule has 0 bridgehead atoms. The predicted octanol–water partition coefficient (Wildman–Crippen LogP) is 7.56. The van der Waals surface area contributed by atoms with E-state index >= 15 is 0 Å². The van der Waals surface area contributed by atoms with Gasteiger partial charge in [0, 0.05) is 0 Å². The molecule has 0 fully saturated rings. The Bertz CT molecular complexity index is 989. The molecule has 37 heavy (non-hydrogen) atoms. The Hall–Kier alpha value is -2.13. The number of benzene rings is 1. The summed E-state index contributed by atoms with van der Waals surface area (Å²) in [4.78, 5) is -3.49. The van der Waals surface area contributed by atoms with Gasteiger partial charge in [-0.15, -0.1) is 0 Å². The minimum Gasteiger partial charge on any atom is -0.282 e. The lowest BCUT2D eigenvalue weighted by molar-refractivity contribution is -0.255. The van der Waals surface area contributed by atoms with Crippen LogP contribution in [0.5, 0.6) is 0 Å². The molecule has 0 radical (unpaired) electrons. The summed E-state index contributed by atoms with van der Waals surface area (Å²) in [6.45, 7) is 0. The molecule has 1 aromatic carbocycles. The van der Waals surface area contributed by atoms with E-state index in [1.807, 2.05) is 0 Å². The Morgan fingerprint density at radius 3 is 0.865 bits per heavy atom. The van der Waals surface area contributed by atoms with Gasteiger partial charge in [0.05, 0.1) is 0 Å². The first-order chi connectivity index (χ1) is 15.8. The van der Waals surface area contributed by atoms with Crippen LogP contribution in [0, 0.1) is 0 Å². The second-order valence-electron chi connectivity index (χ2n) is 7.05. The first-order valence-corrected chi connectivity index (χ1v) is 9.81. The quantitative estimate of drug-likeness (QED) is 0.284. The van der Waals surface area contributed by atoms with Crippen LogP contribution in [-0.2, 0) is 10.1 Å². The second kappa shape index (κ2) is 9.26. The Kier molecular flexibility index (Phi) is 8.23. The van der Waals surface area contributed by atoms with Crippen molar-refractivity contribution < 1.29 is 92.0 Å². The lowest BCUT2D eigenvalue weighted by Gasteiger charge is -2.31. The summed E-state index contributed by atoms with van der Waals surface area (Å²) in [7, 11) is -7.07. The molecule has 0 aliphatic heterocycles. The van der Waals surface area contributed by atoms with Gasteiger partial charge in [0.2, 0.25) is 0 Å². The Labute approximate surface area is 191 Å². The summed E-state index contributed by atoms with van der Waals surface area (Å²) < 4.78 is 269. The van der Waals surface area contributed by atoms with Gasteiger partial charge in [-0.05, 0) is 16.7 Å². The first-order valence-electron chi connectivity index (χ1n) is 8.37. The fraction of sp³-hybridized carbons (Fsp3) is 0.600. The molecule has 0 aromatic heterocycles. The number of halogens is 18. The lowest BCUT2D eigenvalue weighted by Crippen LogP contribution is -2.39. The van der Waals surface area contributed by atoms with Gasteiger partial charge in [0.1, 0.15) is 4.90 Å². The van der Waals surface area contributed by atoms with Gasteiger partial charge in [-0.3, -0.25) is 4.55 Å². The number of hydrogen-bond donors (Lipinski definition) is 1. The highest BCUT2D eigenvalue weighted by Crippen LogP contribution is 2.55. The summed E-state index contributed by atoms with van der Waals surface area (Å²) in [6, 6.07) is -2.96. The molecule has 1 N–H and O–H groups in total. The molecule has 1 aromatic rings. The van der Waals surface area contributed by atoms with E-state index in [1.165, 1.54) is 0 Å². The smallest absolute Gasteiger partial charge is 0.282 e. The summed E-state index contributed by atoms with van der Waals surface area (Å²) in [5.41, 5.74) is -10.1. The van der Waals surface area contributed by atoms with E-state index in [4.69, 9.17) is 4.55 Å². The topological polar surface area (TPSA) is 54.4 Å². The molecule has 0 saturated carbocycles. The van der Waals surface area contributed by atoms with Crippen LogP contribution in [0.15, 0.2) is 17.0 Å². The van der Waals surface area contributed by atoms with Crippen molar-refractivity contribution in [3.8, 4) is 0 Å². The van der Waals surface area contributed by atoms with E-state index in [-0.39, 0.29) is 0 Å². The molecule has 3 nitrogen and oxygen atoms in total. The van der Waals surface area contributed by atoms with Crippen molar-refractivity contribution in [3.05, 3.63) is 28.8 Å². The first kappa shape index (κ1) is 32.9. The zero-order valence-electron chi connectivity index (χ0n) is 16.4. The molecule has 1 rings (SSSR count). The third kappa shape index (κ3) is 7.47. The SMILES string of the molecule is O=S(=O)(O)c1c(C(C(F)(F)F)C(F)(F)F)cc(C(C(F)(F)F)C(F)(F)F)cc1C(C(F)(F)F)C(F)(F)F. The predicted molar refractivity (Wildman–Crippen MR) is 80.8 cm³/mol. The molecule has 0 aliphatic rings. The minimum absolute atomic E-state index is 1.48. The Morgan fingerprint density at radius 1 is 0.486 bits per heavy atom. The molecular weight excluding hydrogens is 602 g/mol. The van der Waals surface area contributed by atoms with Crippen molar-refractivity contribution in [1.29, 1.82) is 0 Å². The molecule has 0 unspecified atom stereocenters. The standard InChI is InChI=1S/C15H6F18O3S/c16-10(17,18)7(11(19,20)21)3-1-4(8(12(22,23)24)13(25,26)27)6(37(34,35)36)5(2-3)9(14(28,29)30)15(31,32)33/h1-2,7-9H,(H,34,35,36). The van der Waals surface area contributed by atoms with Crippen molar-refractivity contribution in [2.24, 2.45) is 0 Å². The fourth-order valence-electron chi connectivity index (χ4n) is 3.23. The van der Waals surface area contributed by atoms with Crippen molar-refractivity contribution in [3.63, 3.8) is 0 Å². The van der Waals surface area contributed by atoms with E-state index in [9.17, 15) is 87.4 Å². The summed E-state index contributed by atoms with van der Waals surface area (Å²) in [5, 5.41) is 0. The molecule has 0 amide bonds. The van der Waals surface area contributed by atoms with Crippen LogP contribution in [0.2, 0.25) is 0 Å². The molecule has 216 valence electrons. The average Bonchev–Trinajstić information content (AvgIpc) is 2.43. The molecule has 0 atom stereocenters. The zero-order valence-corrected chi connectivity index (χ0v) is 17.2. The van der Waals surface area contributed by atoms with Crippen LogP contribution in [0.3, 0.4) is 0 Å². The van der Waals surface area contributed by atoms with Gasteiger partial charge in [-0.1, -0.05) is 12.1 Å². The Balaban J connectivity index is 4.67. The monoisotopic (exact) mass is 608 g/mol. The van der Waals surface area contributed by atoms with Crippen molar-refractivity contribution >= 4 is 10.1 Å². The molecule has 22 heteroatoms. The lowest BCUT2D eigenvalue weighted by atomic mass is 9.85. The van der Waals surface area contributed by atoms with Gasteiger partial charge in [-0.25, -0.2) is 0 Å². The maximum Gasteiger partial charge on any atom is 0.404 e. The van der Waals surface area contributed by atoms with Crippen LogP contribution in [0.4, 0.5) is 79.0 Å². The number of rotatable bonds is 4.